The molecule has 158 valence electrons. The molecule has 6 nitrogen and oxygen atoms in total. The number of hydrogen-bond donors (Lipinski definition) is 0. The van der Waals surface area contributed by atoms with Crippen LogP contribution in [0.2, 0.25) is 0 Å². The molecule has 2 aliphatic rings. The molecule has 0 N–H and O–H groups in total. The van der Waals surface area contributed by atoms with E-state index in [1.54, 1.807) is 25.3 Å². The first-order chi connectivity index (χ1) is 14.1. The second-order valence-electron chi connectivity index (χ2n) is 7.63. The van der Waals surface area contributed by atoms with Crippen molar-refractivity contribution in [2.75, 3.05) is 26.9 Å². The quantitative estimate of drug-likeness (QED) is 0.513. The van der Waals surface area contributed by atoms with Crippen LogP contribution in [-0.2, 0) is 14.3 Å². The van der Waals surface area contributed by atoms with Crippen molar-refractivity contribution in [2.45, 2.75) is 51.5 Å². The van der Waals surface area contributed by atoms with E-state index in [-0.39, 0.29) is 12.5 Å². The molecule has 1 aliphatic carbocycles. The Morgan fingerprint density at radius 3 is 2.72 bits per heavy atom. The van der Waals surface area contributed by atoms with E-state index >= 15 is 0 Å². The number of ether oxygens (including phenoxy) is 3. The molecule has 0 spiro atoms. The van der Waals surface area contributed by atoms with Gasteiger partial charge in [-0.1, -0.05) is 18.9 Å². The number of hydrogen-bond acceptors (Lipinski definition) is 5. The van der Waals surface area contributed by atoms with E-state index in [2.05, 4.69) is 0 Å². The summed E-state index contributed by atoms with van der Waals surface area (Å²) in [6, 6.07) is 5.75. The summed E-state index contributed by atoms with van der Waals surface area (Å²) in [4.78, 5) is 26.6. The highest BCUT2D eigenvalue weighted by atomic mass is 16.5. The third-order valence-electron chi connectivity index (χ3n) is 5.80. The molecule has 29 heavy (non-hydrogen) atoms. The van der Waals surface area contributed by atoms with Gasteiger partial charge in [0.2, 0.25) is 0 Å². The molecule has 1 amide bonds. The lowest BCUT2D eigenvalue weighted by Gasteiger charge is -2.44. The maximum absolute atomic E-state index is 12.6. The molecule has 1 aliphatic heterocycles. The van der Waals surface area contributed by atoms with Crippen LogP contribution in [0, 0.1) is 5.92 Å². The smallest absolute Gasteiger partial charge is 0.331 e. The highest BCUT2D eigenvalue weighted by Crippen LogP contribution is 2.35. The van der Waals surface area contributed by atoms with Gasteiger partial charge in [-0.05, 0) is 62.3 Å². The van der Waals surface area contributed by atoms with Crippen molar-refractivity contribution in [3.63, 3.8) is 0 Å². The summed E-state index contributed by atoms with van der Waals surface area (Å²) >= 11 is 0. The predicted molar refractivity (Wildman–Crippen MR) is 111 cm³/mol. The average Bonchev–Trinajstić information content (AvgIpc) is 2.76. The Bertz CT molecular complexity index is 743. The maximum atomic E-state index is 12.6. The number of esters is 1. The maximum Gasteiger partial charge on any atom is 0.331 e. The van der Waals surface area contributed by atoms with Gasteiger partial charge in [0, 0.05) is 18.7 Å². The molecule has 0 aromatic heterocycles. The monoisotopic (exact) mass is 401 g/mol. The van der Waals surface area contributed by atoms with Crippen LogP contribution in [0.3, 0.4) is 0 Å². The van der Waals surface area contributed by atoms with Crippen LogP contribution >= 0.6 is 0 Å². The first-order valence-electron chi connectivity index (χ1n) is 10.6. The van der Waals surface area contributed by atoms with Crippen molar-refractivity contribution < 1.29 is 23.8 Å². The molecule has 2 fully saturated rings. The summed E-state index contributed by atoms with van der Waals surface area (Å²) in [6.07, 6.45) is 9.96. The van der Waals surface area contributed by atoms with Crippen LogP contribution in [0.25, 0.3) is 6.08 Å². The number of carbonyl (C=O) groups excluding carboxylic acids is 2. The average molecular weight is 402 g/mol. The zero-order valence-corrected chi connectivity index (χ0v) is 17.4. The van der Waals surface area contributed by atoms with Crippen molar-refractivity contribution in [3.05, 3.63) is 29.8 Å². The molecule has 6 heteroatoms. The molecular formula is C23H31NO5. The van der Waals surface area contributed by atoms with Crippen LogP contribution in [0.1, 0.15) is 51.0 Å². The highest BCUT2D eigenvalue weighted by Gasteiger charge is 2.35. The third-order valence-corrected chi connectivity index (χ3v) is 5.80. The lowest BCUT2D eigenvalue weighted by atomic mass is 9.78. The Morgan fingerprint density at radius 2 is 1.93 bits per heavy atom. The molecule has 1 saturated carbocycles. The summed E-state index contributed by atoms with van der Waals surface area (Å²) in [5.74, 6) is 1.27. The van der Waals surface area contributed by atoms with Gasteiger partial charge in [-0.15, -0.1) is 0 Å². The van der Waals surface area contributed by atoms with Gasteiger partial charge >= 0.3 is 5.97 Å². The topological polar surface area (TPSA) is 65.1 Å². The minimum Gasteiger partial charge on any atom is -0.493 e. The van der Waals surface area contributed by atoms with Gasteiger partial charge in [-0.25, -0.2) is 4.79 Å². The Balaban J connectivity index is 1.52. The minimum atomic E-state index is -0.525. The standard InChI is InChI=1S/C23H31NO5/c1-3-28-20-12-10-17(15-21(20)27-2)11-13-23(26)29-16-22(25)24-14-6-8-18-7-4-5-9-19(18)24/h10-13,15,18-19H,3-9,14,16H2,1-2H3/b13-11+/t18-,19-/m0/s1. The fraction of sp³-hybridized carbons (Fsp3) is 0.565. The molecule has 0 radical (unpaired) electrons. The number of fused-ring (bicyclic) bond motifs is 1. The van der Waals surface area contributed by atoms with Crippen molar-refractivity contribution >= 4 is 18.0 Å². The van der Waals surface area contributed by atoms with Crippen LogP contribution in [0.4, 0.5) is 0 Å². The van der Waals surface area contributed by atoms with Crippen LogP contribution in [0.15, 0.2) is 24.3 Å². The molecule has 1 heterocycles. The van der Waals surface area contributed by atoms with Crippen molar-refractivity contribution in [3.8, 4) is 11.5 Å². The molecule has 1 aromatic carbocycles. The van der Waals surface area contributed by atoms with Crippen molar-refractivity contribution in [1.82, 2.24) is 4.90 Å². The first kappa shape index (κ1) is 21.2. The predicted octanol–water partition coefficient (Wildman–Crippen LogP) is 3.83. The van der Waals surface area contributed by atoms with Gasteiger partial charge < -0.3 is 19.1 Å². The van der Waals surface area contributed by atoms with Crippen LogP contribution in [-0.4, -0.2) is 49.7 Å². The Morgan fingerprint density at radius 1 is 1.14 bits per heavy atom. The van der Waals surface area contributed by atoms with E-state index in [0.717, 1.165) is 24.9 Å². The molecule has 0 unspecified atom stereocenters. The Kier molecular flexibility index (Phi) is 7.55. The molecule has 1 aromatic rings. The number of methoxy groups -OCH3 is 1. The summed E-state index contributed by atoms with van der Waals surface area (Å²) in [7, 11) is 1.57. The van der Waals surface area contributed by atoms with Crippen molar-refractivity contribution in [2.24, 2.45) is 5.92 Å². The second-order valence-corrected chi connectivity index (χ2v) is 7.63. The SMILES string of the molecule is CCOc1ccc(/C=C/C(=O)OCC(=O)N2CCC[C@@H]3CCCC[C@@H]32)cc1OC. The molecule has 1 saturated heterocycles. The number of piperidine rings is 1. The van der Waals surface area contributed by atoms with Crippen LogP contribution in [0.5, 0.6) is 11.5 Å². The number of rotatable bonds is 7. The number of carbonyl (C=O) groups is 2. The van der Waals surface area contributed by atoms with Gasteiger partial charge in [0.25, 0.3) is 5.91 Å². The van der Waals surface area contributed by atoms with Crippen molar-refractivity contribution in [1.29, 1.82) is 0 Å². The number of nitrogens with zero attached hydrogens (tertiary/aromatic N) is 1. The zero-order chi connectivity index (χ0) is 20.6. The van der Waals surface area contributed by atoms with E-state index in [1.165, 1.54) is 31.8 Å². The molecule has 0 bridgehead atoms. The summed E-state index contributed by atoms with van der Waals surface area (Å²) in [5, 5.41) is 0. The molecule has 2 atom stereocenters. The van der Waals surface area contributed by atoms with Gasteiger partial charge in [-0.2, -0.15) is 0 Å². The van der Waals surface area contributed by atoms with Gasteiger partial charge in [0.1, 0.15) is 0 Å². The number of likely N-dealkylation sites (tertiary alicyclic amines) is 1. The van der Waals surface area contributed by atoms with Gasteiger partial charge in [0.15, 0.2) is 18.1 Å². The molecule has 3 rings (SSSR count). The summed E-state index contributed by atoms with van der Waals surface area (Å²) in [6.45, 7) is 3.03. The summed E-state index contributed by atoms with van der Waals surface area (Å²) in [5.41, 5.74) is 0.787. The van der Waals surface area contributed by atoms with Crippen LogP contribution < -0.4 is 9.47 Å². The highest BCUT2D eigenvalue weighted by molar-refractivity contribution is 5.89. The Labute approximate surface area is 172 Å². The van der Waals surface area contributed by atoms with Gasteiger partial charge in [-0.3, -0.25) is 4.79 Å². The minimum absolute atomic E-state index is 0.0777. The van der Waals surface area contributed by atoms with E-state index in [1.807, 2.05) is 17.9 Å². The Hall–Kier alpha value is -2.50. The first-order valence-corrected chi connectivity index (χ1v) is 10.6. The zero-order valence-electron chi connectivity index (χ0n) is 17.4. The lowest BCUT2D eigenvalue weighted by molar-refractivity contribution is -0.151. The van der Waals surface area contributed by atoms with E-state index < -0.39 is 5.97 Å². The normalized spacial score (nSPS) is 21.5. The van der Waals surface area contributed by atoms with E-state index in [4.69, 9.17) is 14.2 Å². The number of benzene rings is 1. The number of amides is 1. The lowest BCUT2D eigenvalue weighted by Crippen LogP contribution is -2.50. The second kappa shape index (κ2) is 10.3. The fourth-order valence-corrected chi connectivity index (χ4v) is 4.43. The molecular weight excluding hydrogens is 370 g/mol. The summed E-state index contributed by atoms with van der Waals surface area (Å²) < 4.78 is 16.0. The third kappa shape index (κ3) is 5.52. The van der Waals surface area contributed by atoms with E-state index in [9.17, 15) is 9.59 Å². The largest absolute Gasteiger partial charge is 0.493 e. The fourth-order valence-electron chi connectivity index (χ4n) is 4.43. The van der Waals surface area contributed by atoms with Gasteiger partial charge in [0.05, 0.1) is 13.7 Å². The van der Waals surface area contributed by atoms with E-state index in [0.29, 0.717) is 30.1 Å².